The maximum absolute atomic E-state index is 12.7. The van der Waals surface area contributed by atoms with Gasteiger partial charge in [-0.3, -0.25) is 0 Å². The molecule has 110 valence electrons. The van der Waals surface area contributed by atoms with E-state index in [0.717, 1.165) is 32.1 Å². The summed E-state index contributed by atoms with van der Waals surface area (Å²) in [6.07, 6.45) is 5.57. The topological polar surface area (TPSA) is 71.5 Å². The average Bonchev–Trinajstić information content (AvgIpc) is 2.73. The van der Waals surface area contributed by atoms with Gasteiger partial charge in [0.25, 0.3) is 0 Å². The van der Waals surface area contributed by atoms with E-state index < -0.39 is 25.1 Å². The Morgan fingerprint density at radius 1 is 1.00 bits per heavy atom. The Bertz CT molecular complexity index is 549. The van der Waals surface area contributed by atoms with E-state index in [1.54, 1.807) is 4.31 Å². The molecule has 0 unspecified atom stereocenters. The molecule has 0 amide bonds. The zero-order chi connectivity index (χ0) is 13.7. The van der Waals surface area contributed by atoms with E-state index in [1.807, 2.05) is 0 Å². The lowest BCUT2D eigenvalue weighted by Gasteiger charge is -2.46. The van der Waals surface area contributed by atoms with Crippen LogP contribution >= 0.6 is 0 Å². The van der Waals surface area contributed by atoms with Crippen LogP contribution in [0.2, 0.25) is 0 Å². The van der Waals surface area contributed by atoms with E-state index in [0.29, 0.717) is 6.54 Å². The van der Waals surface area contributed by atoms with Gasteiger partial charge in [-0.1, -0.05) is 0 Å². The molecule has 2 aliphatic heterocycles. The Kier molecular flexibility index (Phi) is 3.22. The van der Waals surface area contributed by atoms with Crippen LogP contribution in [0.3, 0.4) is 0 Å². The molecule has 0 radical (unpaired) electrons. The fraction of sp³-hybridized carbons (Fsp3) is 1.00. The van der Waals surface area contributed by atoms with Crippen molar-refractivity contribution in [3.05, 3.63) is 0 Å². The van der Waals surface area contributed by atoms with Crippen LogP contribution < -0.4 is 0 Å². The Hall–Kier alpha value is -0.140. The molecule has 0 N–H and O–H groups in total. The number of sulfonamides is 1. The number of rotatable bonds is 2. The molecule has 0 bridgehead atoms. The highest BCUT2D eigenvalue weighted by atomic mass is 32.2. The monoisotopic (exact) mass is 307 g/mol. The Morgan fingerprint density at radius 3 is 2.11 bits per heavy atom. The molecule has 5 nitrogen and oxygen atoms in total. The summed E-state index contributed by atoms with van der Waals surface area (Å²) in [7, 11) is -6.31. The smallest absolute Gasteiger partial charge is 0.217 e. The Balaban J connectivity index is 1.80. The largest absolute Gasteiger partial charge is 0.229 e. The van der Waals surface area contributed by atoms with Crippen molar-refractivity contribution in [2.75, 3.05) is 18.1 Å². The third kappa shape index (κ3) is 2.23. The maximum Gasteiger partial charge on any atom is 0.217 e. The van der Waals surface area contributed by atoms with Gasteiger partial charge in [0.05, 0.1) is 16.8 Å². The lowest BCUT2D eigenvalue weighted by Crippen LogP contribution is -2.55. The molecule has 0 atom stereocenters. The summed E-state index contributed by atoms with van der Waals surface area (Å²) < 4.78 is 50.1. The quantitative estimate of drug-likeness (QED) is 0.760. The molecular weight excluding hydrogens is 286 g/mol. The molecule has 19 heavy (non-hydrogen) atoms. The molecule has 1 saturated carbocycles. The molecule has 0 aromatic rings. The van der Waals surface area contributed by atoms with Gasteiger partial charge in [-0.05, 0) is 44.9 Å². The first-order chi connectivity index (χ1) is 8.86. The second kappa shape index (κ2) is 4.43. The van der Waals surface area contributed by atoms with Crippen LogP contribution in [0.1, 0.15) is 44.9 Å². The zero-order valence-electron chi connectivity index (χ0n) is 11.0. The van der Waals surface area contributed by atoms with Gasteiger partial charge >= 0.3 is 0 Å². The van der Waals surface area contributed by atoms with Gasteiger partial charge in [0.2, 0.25) is 10.0 Å². The van der Waals surface area contributed by atoms with Crippen LogP contribution in [0.15, 0.2) is 0 Å². The van der Waals surface area contributed by atoms with Gasteiger partial charge in [0.15, 0.2) is 0 Å². The van der Waals surface area contributed by atoms with Crippen LogP contribution in [0.5, 0.6) is 0 Å². The van der Waals surface area contributed by atoms with Gasteiger partial charge in [-0.15, -0.1) is 0 Å². The van der Waals surface area contributed by atoms with E-state index in [2.05, 4.69) is 0 Å². The normalized spacial score (nSPS) is 31.4. The molecule has 3 fully saturated rings. The molecule has 3 rings (SSSR count). The summed E-state index contributed by atoms with van der Waals surface area (Å²) in [6.45, 7) is 0.631. The molecule has 0 aromatic heterocycles. The van der Waals surface area contributed by atoms with E-state index >= 15 is 0 Å². The molecule has 1 aliphatic carbocycles. The van der Waals surface area contributed by atoms with Crippen molar-refractivity contribution in [1.29, 1.82) is 0 Å². The summed E-state index contributed by atoms with van der Waals surface area (Å²) >= 11 is 0. The highest BCUT2D eigenvalue weighted by Gasteiger charge is 2.52. The predicted octanol–water partition coefficient (Wildman–Crippen LogP) is 0.912. The van der Waals surface area contributed by atoms with Crippen molar-refractivity contribution >= 4 is 19.9 Å². The fourth-order valence-electron chi connectivity index (χ4n) is 3.74. The first-order valence-corrected chi connectivity index (χ1v) is 10.4. The number of hydrogen-bond donors (Lipinski definition) is 0. The minimum absolute atomic E-state index is 0.0255. The van der Waals surface area contributed by atoms with Gasteiger partial charge in [-0.2, -0.15) is 4.31 Å². The molecule has 1 spiro atoms. The molecule has 2 heterocycles. The van der Waals surface area contributed by atoms with Gasteiger partial charge in [0, 0.05) is 12.1 Å². The minimum atomic E-state index is -3.31. The van der Waals surface area contributed by atoms with Crippen molar-refractivity contribution < 1.29 is 16.8 Å². The van der Waals surface area contributed by atoms with Crippen LogP contribution in [0, 0.1) is 0 Å². The number of nitrogens with zero attached hydrogens (tertiary/aromatic N) is 1. The summed E-state index contributed by atoms with van der Waals surface area (Å²) in [4.78, 5) is 0. The van der Waals surface area contributed by atoms with Crippen molar-refractivity contribution in [2.45, 2.75) is 55.7 Å². The van der Waals surface area contributed by atoms with Gasteiger partial charge < -0.3 is 0 Å². The Morgan fingerprint density at radius 2 is 1.58 bits per heavy atom. The lowest BCUT2D eigenvalue weighted by atomic mass is 9.76. The summed E-state index contributed by atoms with van der Waals surface area (Å²) in [6, 6.07) is 0. The van der Waals surface area contributed by atoms with Crippen molar-refractivity contribution in [2.24, 2.45) is 0 Å². The fourth-order valence-corrected chi connectivity index (χ4v) is 7.92. The average molecular weight is 307 g/mol. The second-order valence-electron chi connectivity index (χ2n) is 6.15. The van der Waals surface area contributed by atoms with Crippen molar-refractivity contribution in [3.8, 4) is 0 Å². The van der Waals surface area contributed by atoms with Crippen molar-refractivity contribution in [1.82, 2.24) is 4.31 Å². The van der Waals surface area contributed by atoms with E-state index in [-0.39, 0.29) is 29.9 Å². The summed E-state index contributed by atoms with van der Waals surface area (Å²) in [5.74, 6) is 0.0511. The third-order valence-electron chi connectivity index (χ3n) is 5.05. The van der Waals surface area contributed by atoms with Crippen LogP contribution in [-0.2, 0) is 19.9 Å². The van der Waals surface area contributed by atoms with Crippen LogP contribution in [0.25, 0.3) is 0 Å². The van der Waals surface area contributed by atoms with E-state index in [9.17, 15) is 16.8 Å². The Labute approximate surface area is 115 Å². The second-order valence-corrected chi connectivity index (χ2v) is 10.6. The lowest BCUT2D eigenvalue weighted by molar-refractivity contribution is 0.126. The molecule has 3 aliphatic rings. The van der Waals surface area contributed by atoms with E-state index in [4.69, 9.17) is 0 Å². The van der Waals surface area contributed by atoms with E-state index in [1.165, 1.54) is 0 Å². The highest BCUT2D eigenvalue weighted by Crippen LogP contribution is 2.48. The summed E-state index contributed by atoms with van der Waals surface area (Å²) in [5.41, 5.74) is -0.102. The highest BCUT2D eigenvalue weighted by molar-refractivity contribution is 7.92. The van der Waals surface area contributed by atoms with Crippen LogP contribution in [0.4, 0.5) is 0 Å². The van der Waals surface area contributed by atoms with Gasteiger partial charge in [0.1, 0.15) is 9.84 Å². The number of sulfone groups is 1. The number of hydrogen-bond acceptors (Lipinski definition) is 4. The first-order valence-electron chi connectivity index (χ1n) is 7.08. The molecule has 2 saturated heterocycles. The molecule has 7 heteroatoms. The SMILES string of the molecule is O=S1(=O)CCC(S(=O)(=O)N2CCCC23CCC3)CC1. The maximum atomic E-state index is 12.7. The minimum Gasteiger partial charge on any atom is -0.229 e. The standard InChI is InChI=1S/C12H21NO4S2/c14-18(15)9-3-11(4-10-18)19(16,17)13-8-2-7-12(13)5-1-6-12/h11H,1-10H2. The van der Waals surface area contributed by atoms with Crippen molar-refractivity contribution in [3.63, 3.8) is 0 Å². The molecular formula is C12H21NO4S2. The molecule has 0 aromatic carbocycles. The predicted molar refractivity (Wildman–Crippen MR) is 73.1 cm³/mol. The third-order valence-corrected chi connectivity index (χ3v) is 9.26. The van der Waals surface area contributed by atoms with Crippen LogP contribution in [-0.4, -0.2) is 50.0 Å². The zero-order valence-corrected chi connectivity index (χ0v) is 12.7. The first kappa shape index (κ1) is 13.8. The van der Waals surface area contributed by atoms with Gasteiger partial charge in [-0.25, -0.2) is 16.8 Å². The summed E-state index contributed by atoms with van der Waals surface area (Å²) in [5, 5.41) is -0.480.